The number of halogens is 3. The highest BCUT2D eigenvalue weighted by molar-refractivity contribution is 9.10. The van der Waals surface area contributed by atoms with Gasteiger partial charge in [0.05, 0.1) is 24.3 Å². The maximum atomic E-state index is 13.6. The molecule has 100 valence electrons. The van der Waals surface area contributed by atoms with Crippen molar-refractivity contribution in [2.24, 2.45) is 0 Å². The van der Waals surface area contributed by atoms with Crippen LogP contribution < -0.4 is 9.47 Å². The summed E-state index contributed by atoms with van der Waals surface area (Å²) in [6.07, 6.45) is 0. The number of ether oxygens (including phenoxy) is 2. The minimum atomic E-state index is -0.678. The molecular formula is C14H11BrF2O2. The largest absolute Gasteiger partial charge is 0.496 e. The lowest BCUT2D eigenvalue weighted by atomic mass is 10.0. The summed E-state index contributed by atoms with van der Waals surface area (Å²) in [5.74, 6) is -0.387. The van der Waals surface area contributed by atoms with E-state index in [9.17, 15) is 8.78 Å². The molecule has 0 aliphatic heterocycles. The number of hydrogen-bond acceptors (Lipinski definition) is 2. The highest BCUT2D eigenvalue weighted by Crippen LogP contribution is 2.42. The SMILES string of the molecule is COc1cccc(OC)c1-c1cc(F)cc(F)c1Br. The Bertz CT molecular complexity index is 592. The summed E-state index contributed by atoms with van der Waals surface area (Å²) in [4.78, 5) is 0. The second-order valence-corrected chi connectivity index (χ2v) is 4.58. The van der Waals surface area contributed by atoms with E-state index in [2.05, 4.69) is 15.9 Å². The summed E-state index contributed by atoms with van der Waals surface area (Å²) in [5, 5.41) is 0. The minimum Gasteiger partial charge on any atom is -0.496 e. The lowest BCUT2D eigenvalue weighted by Gasteiger charge is -2.14. The summed E-state index contributed by atoms with van der Waals surface area (Å²) in [6.45, 7) is 0. The van der Waals surface area contributed by atoms with Crippen LogP contribution in [0.4, 0.5) is 8.78 Å². The first kappa shape index (κ1) is 13.8. The van der Waals surface area contributed by atoms with Gasteiger partial charge in [0.1, 0.15) is 23.1 Å². The smallest absolute Gasteiger partial charge is 0.140 e. The molecule has 2 aromatic rings. The molecule has 0 N–H and O–H groups in total. The van der Waals surface area contributed by atoms with Gasteiger partial charge in [-0.15, -0.1) is 0 Å². The maximum absolute atomic E-state index is 13.6. The molecule has 0 bridgehead atoms. The van der Waals surface area contributed by atoms with Crippen LogP contribution in [0, 0.1) is 11.6 Å². The summed E-state index contributed by atoms with van der Waals surface area (Å²) in [5.41, 5.74) is 0.838. The molecule has 2 rings (SSSR count). The van der Waals surface area contributed by atoms with E-state index in [-0.39, 0.29) is 4.47 Å². The molecule has 0 aromatic heterocycles. The first-order valence-corrected chi connectivity index (χ1v) is 6.23. The van der Waals surface area contributed by atoms with Gasteiger partial charge >= 0.3 is 0 Å². The van der Waals surface area contributed by atoms with Crippen LogP contribution in [0.1, 0.15) is 0 Å². The standard InChI is InChI=1S/C14H11BrF2O2/c1-18-11-4-3-5-12(19-2)13(11)9-6-8(16)7-10(17)14(9)15/h3-7H,1-2H3. The van der Waals surface area contributed by atoms with Crippen LogP contribution in [0.15, 0.2) is 34.8 Å². The molecule has 0 fully saturated rings. The fourth-order valence-corrected chi connectivity index (χ4v) is 2.28. The van der Waals surface area contributed by atoms with E-state index in [1.165, 1.54) is 20.3 Å². The topological polar surface area (TPSA) is 18.5 Å². The number of benzene rings is 2. The van der Waals surface area contributed by atoms with E-state index in [0.717, 1.165) is 6.07 Å². The zero-order valence-electron chi connectivity index (χ0n) is 10.3. The van der Waals surface area contributed by atoms with Gasteiger partial charge in [-0.3, -0.25) is 0 Å². The molecule has 0 spiro atoms. The van der Waals surface area contributed by atoms with E-state index >= 15 is 0 Å². The van der Waals surface area contributed by atoms with Crippen molar-refractivity contribution in [2.45, 2.75) is 0 Å². The third-order valence-electron chi connectivity index (χ3n) is 2.69. The van der Waals surface area contributed by atoms with Crippen LogP contribution in [0.2, 0.25) is 0 Å². The van der Waals surface area contributed by atoms with Crippen molar-refractivity contribution in [1.29, 1.82) is 0 Å². The molecule has 0 unspecified atom stereocenters. The second-order valence-electron chi connectivity index (χ2n) is 3.79. The van der Waals surface area contributed by atoms with Crippen LogP contribution >= 0.6 is 15.9 Å². The Morgan fingerprint density at radius 1 is 1.00 bits per heavy atom. The van der Waals surface area contributed by atoms with Crippen molar-refractivity contribution >= 4 is 15.9 Å². The zero-order chi connectivity index (χ0) is 14.0. The summed E-state index contributed by atoms with van der Waals surface area (Å²) in [6, 6.07) is 7.19. The lowest BCUT2D eigenvalue weighted by Crippen LogP contribution is -1.95. The van der Waals surface area contributed by atoms with Crippen molar-refractivity contribution in [3.63, 3.8) is 0 Å². The zero-order valence-corrected chi connectivity index (χ0v) is 11.9. The van der Waals surface area contributed by atoms with Crippen LogP contribution in [0.3, 0.4) is 0 Å². The van der Waals surface area contributed by atoms with Gasteiger partial charge in [0.2, 0.25) is 0 Å². The molecule has 0 amide bonds. The monoisotopic (exact) mass is 328 g/mol. The quantitative estimate of drug-likeness (QED) is 0.777. The molecule has 0 radical (unpaired) electrons. The minimum absolute atomic E-state index is 0.164. The van der Waals surface area contributed by atoms with Gasteiger partial charge < -0.3 is 9.47 Å². The molecule has 0 heterocycles. The number of methoxy groups -OCH3 is 2. The van der Waals surface area contributed by atoms with Gasteiger partial charge in [-0.2, -0.15) is 0 Å². The van der Waals surface area contributed by atoms with Crippen molar-refractivity contribution < 1.29 is 18.3 Å². The van der Waals surface area contributed by atoms with Gasteiger partial charge in [0, 0.05) is 11.6 Å². The first-order chi connectivity index (χ1) is 9.08. The number of rotatable bonds is 3. The Morgan fingerprint density at radius 2 is 1.58 bits per heavy atom. The predicted octanol–water partition coefficient (Wildman–Crippen LogP) is 4.41. The predicted molar refractivity (Wildman–Crippen MR) is 72.6 cm³/mol. The lowest BCUT2D eigenvalue weighted by molar-refractivity contribution is 0.397. The first-order valence-electron chi connectivity index (χ1n) is 5.44. The Hall–Kier alpha value is -1.62. The normalized spacial score (nSPS) is 10.4. The summed E-state index contributed by atoms with van der Waals surface area (Å²) in [7, 11) is 2.98. The molecule has 0 aliphatic carbocycles. The van der Waals surface area contributed by atoms with Crippen LogP contribution in [-0.2, 0) is 0 Å². The molecular weight excluding hydrogens is 318 g/mol. The van der Waals surface area contributed by atoms with E-state index in [1.807, 2.05) is 0 Å². The van der Waals surface area contributed by atoms with Crippen molar-refractivity contribution in [3.05, 3.63) is 46.4 Å². The molecule has 19 heavy (non-hydrogen) atoms. The number of hydrogen-bond donors (Lipinski definition) is 0. The van der Waals surface area contributed by atoms with Crippen molar-refractivity contribution in [3.8, 4) is 22.6 Å². The summed E-state index contributed by atoms with van der Waals surface area (Å²) >= 11 is 3.12. The van der Waals surface area contributed by atoms with Crippen molar-refractivity contribution in [2.75, 3.05) is 14.2 Å². The highest BCUT2D eigenvalue weighted by Gasteiger charge is 2.18. The van der Waals surface area contributed by atoms with E-state index < -0.39 is 11.6 Å². The third kappa shape index (κ3) is 2.56. The molecule has 0 saturated carbocycles. The summed E-state index contributed by atoms with van der Waals surface area (Å²) < 4.78 is 37.7. The molecule has 0 atom stereocenters. The van der Waals surface area contributed by atoms with E-state index in [4.69, 9.17) is 9.47 Å². The van der Waals surface area contributed by atoms with E-state index in [1.54, 1.807) is 18.2 Å². The third-order valence-corrected chi connectivity index (χ3v) is 3.50. The Morgan fingerprint density at radius 3 is 2.11 bits per heavy atom. The Labute approximate surface area is 118 Å². The van der Waals surface area contributed by atoms with Crippen molar-refractivity contribution in [1.82, 2.24) is 0 Å². The fourth-order valence-electron chi connectivity index (χ4n) is 1.85. The Balaban J connectivity index is 2.77. The Kier molecular flexibility index (Phi) is 4.04. The molecule has 2 nitrogen and oxygen atoms in total. The highest BCUT2D eigenvalue weighted by atomic mass is 79.9. The second kappa shape index (κ2) is 5.57. The van der Waals surface area contributed by atoms with Gasteiger partial charge in [-0.05, 0) is 34.1 Å². The van der Waals surface area contributed by atoms with Gasteiger partial charge in [-0.1, -0.05) is 6.07 Å². The van der Waals surface area contributed by atoms with Crippen LogP contribution in [-0.4, -0.2) is 14.2 Å². The molecule has 0 saturated heterocycles. The van der Waals surface area contributed by atoms with Gasteiger partial charge in [-0.25, -0.2) is 8.78 Å². The fraction of sp³-hybridized carbons (Fsp3) is 0.143. The van der Waals surface area contributed by atoms with Gasteiger partial charge in [0.15, 0.2) is 0 Å². The van der Waals surface area contributed by atoms with Crippen LogP contribution in [0.5, 0.6) is 11.5 Å². The van der Waals surface area contributed by atoms with Gasteiger partial charge in [0.25, 0.3) is 0 Å². The van der Waals surface area contributed by atoms with Crippen LogP contribution in [0.25, 0.3) is 11.1 Å². The molecule has 0 aliphatic rings. The average Bonchev–Trinajstić information content (AvgIpc) is 2.41. The molecule has 2 aromatic carbocycles. The van der Waals surface area contributed by atoms with E-state index in [0.29, 0.717) is 22.6 Å². The average molecular weight is 329 g/mol. The maximum Gasteiger partial charge on any atom is 0.140 e. The molecule has 5 heteroatoms.